The highest BCUT2D eigenvalue weighted by Gasteiger charge is 2.30. The van der Waals surface area contributed by atoms with Crippen molar-refractivity contribution in [2.45, 2.75) is 18.8 Å². The number of hydrogen-bond acceptors (Lipinski definition) is 2. The summed E-state index contributed by atoms with van der Waals surface area (Å²) in [6.07, 6.45) is 0.727. The monoisotopic (exact) mass is 295 g/mol. The lowest BCUT2D eigenvalue weighted by Crippen LogP contribution is -2.33. The number of benzene rings is 1. The van der Waals surface area contributed by atoms with E-state index >= 15 is 0 Å². The number of imide groups is 1. The summed E-state index contributed by atoms with van der Waals surface area (Å²) < 4.78 is 0. The molecule has 17 heavy (non-hydrogen) atoms. The van der Waals surface area contributed by atoms with Gasteiger partial charge in [-0.3, -0.25) is 14.5 Å². The molecule has 2 rings (SSSR count). The van der Waals surface area contributed by atoms with Crippen LogP contribution in [-0.4, -0.2) is 28.6 Å². The number of carbonyl (C=O) groups is 2. The predicted octanol–water partition coefficient (Wildman–Crippen LogP) is 2.31. The van der Waals surface area contributed by atoms with Gasteiger partial charge in [-0.25, -0.2) is 0 Å². The number of alkyl halides is 1. The van der Waals surface area contributed by atoms with Gasteiger partial charge in [-0.1, -0.05) is 46.3 Å². The van der Waals surface area contributed by atoms with Gasteiger partial charge in [0.2, 0.25) is 11.8 Å². The molecule has 1 unspecified atom stereocenters. The van der Waals surface area contributed by atoms with Crippen molar-refractivity contribution >= 4 is 27.7 Å². The van der Waals surface area contributed by atoms with Gasteiger partial charge >= 0.3 is 0 Å². The summed E-state index contributed by atoms with van der Waals surface area (Å²) in [6, 6.07) is 9.95. The fourth-order valence-corrected chi connectivity index (χ4v) is 2.59. The van der Waals surface area contributed by atoms with Crippen LogP contribution in [0.25, 0.3) is 0 Å². The summed E-state index contributed by atoms with van der Waals surface area (Å²) in [6.45, 7) is 0.479. The molecule has 3 nitrogen and oxygen atoms in total. The van der Waals surface area contributed by atoms with Crippen molar-refractivity contribution in [3.63, 3.8) is 0 Å². The van der Waals surface area contributed by atoms with Crippen molar-refractivity contribution in [1.29, 1.82) is 0 Å². The van der Waals surface area contributed by atoms with Gasteiger partial charge in [0.25, 0.3) is 0 Å². The first-order chi connectivity index (χ1) is 8.22. The summed E-state index contributed by atoms with van der Waals surface area (Å²) in [5.74, 6) is 0.0796. The molecule has 0 N–H and O–H groups in total. The minimum atomic E-state index is -0.0446. The third kappa shape index (κ3) is 2.75. The fourth-order valence-electron chi connectivity index (χ4n) is 2.02. The summed E-state index contributed by atoms with van der Waals surface area (Å²) >= 11 is 3.45. The number of rotatable bonds is 4. The van der Waals surface area contributed by atoms with Crippen LogP contribution in [0, 0.1) is 0 Å². The van der Waals surface area contributed by atoms with E-state index in [-0.39, 0.29) is 17.7 Å². The molecule has 1 aromatic rings. The van der Waals surface area contributed by atoms with Gasteiger partial charge in [-0.15, -0.1) is 0 Å². The van der Waals surface area contributed by atoms with E-state index in [0.29, 0.717) is 19.4 Å². The van der Waals surface area contributed by atoms with Crippen LogP contribution < -0.4 is 0 Å². The normalized spacial score (nSPS) is 17.6. The molecule has 1 heterocycles. The molecule has 1 aliphatic heterocycles. The molecule has 0 bridgehead atoms. The molecule has 0 aliphatic carbocycles. The van der Waals surface area contributed by atoms with Crippen LogP contribution in [0.2, 0.25) is 0 Å². The zero-order chi connectivity index (χ0) is 12.3. The lowest BCUT2D eigenvalue weighted by atomic mass is 10.0. The molecule has 2 amide bonds. The Kier molecular flexibility index (Phi) is 3.94. The molecule has 4 heteroatoms. The second-order valence-electron chi connectivity index (χ2n) is 4.16. The lowest BCUT2D eigenvalue weighted by Gasteiger charge is -2.21. The van der Waals surface area contributed by atoms with Gasteiger partial charge in [0, 0.05) is 30.6 Å². The minimum absolute atomic E-state index is 0.0446. The van der Waals surface area contributed by atoms with E-state index in [0.717, 1.165) is 10.9 Å². The van der Waals surface area contributed by atoms with Crippen molar-refractivity contribution in [3.05, 3.63) is 35.9 Å². The quantitative estimate of drug-likeness (QED) is 0.631. The molecular weight excluding hydrogens is 282 g/mol. The summed E-state index contributed by atoms with van der Waals surface area (Å²) in [5, 5.41) is 0.744. The first kappa shape index (κ1) is 12.3. The maximum Gasteiger partial charge on any atom is 0.229 e. The average Bonchev–Trinajstić information content (AvgIpc) is 2.68. The Morgan fingerprint density at radius 1 is 1.12 bits per heavy atom. The van der Waals surface area contributed by atoms with E-state index in [1.165, 1.54) is 4.90 Å². The van der Waals surface area contributed by atoms with Crippen molar-refractivity contribution in [2.75, 3.05) is 11.9 Å². The lowest BCUT2D eigenvalue weighted by molar-refractivity contribution is -0.138. The van der Waals surface area contributed by atoms with Crippen molar-refractivity contribution in [2.24, 2.45) is 0 Å². The minimum Gasteiger partial charge on any atom is -0.282 e. The van der Waals surface area contributed by atoms with E-state index in [1.807, 2.05) is 30.3 Å². The van der Waals surface area contributed by atoms with Crippen molar-refractivity contribution in [3.8, 4) is 0 Å². The molecular formula is C13H14BrNO2. The number of halogens is 1. The Morgan fingerprint density at radius 2 is 1.71 bits per heavy atom. The second kappa shape index (κ2) is 5.45. The van der Waals surface area contributed by atoms with E-state index in [2.05, 4.69) is 15.9 Å². The van der Waals surface area contributed by atoms with Crippen LogP contribution in [0.4, 0.5) is 0 Å². The van der Waals surface area contributed by atoms with E-state index < -0.39 is 0 Å². The summed E-state index contributed by atoms with van der Waals surface area (Å²) in [5.41, 5.74) is 1.15. The molecule has 1 fully saturated rings. The van der Waals surface area contributed by atoms with Crippen LogP contribution >= 0.6 is 15.9 Å². The van der Waals surface area contributed by atoms with E-state index in [9.17, 15) is 9.59 Å². The van der Waals surface area contributed by atoms with Crippen LogP contribution in [0.3, 0.4) is 0 Å². The number of carbonyl (C=O) groups excluding carboxylic acids is 2. The SMILES string of the molecule is O=C1CCC(=O)N1CC(CBr)c1ccccc1. The third-order valence-electron chi connectivity index (χ3n) is 3.02. The summed E-state index contributed by atoms with van der Waals surface area (Å²) in [7, 11) is 0. The Morgan fingerprint density at radius 3 is 2.24 bits per heavy atom. The number of nitrogens with zero attached hydrogens (tertiary/aromatic N) is 1. The molecule has 0 aromatic heterocycles. The van der Waals surface area contributed by atoms with Gasteiger partial charge in [-0.2, -0.15) is 0 Å². The number of amides is 2. The Balaban J connectivity index is 2.10. The van der Waals surface area contributed by atoms with Gasteiger partial charge in [0.1, 0.15) is 0 Å². The van der Waals surface area contributed by atoms with E-state index in [1.54, 1.807) is 0 Å². The fraction of sp³-hybridized carbons (Fsp3) is 0.385. The Hall–Kier alpha value is -1.16. The second-order valence-corrected chi connectivity index (χ2v) is 4.81. The van der Waals surface area contributed by atoms with Gasteiger partial charge in [0.15, 0.2) is 0 Å². The molecule has 1 saturated heterocycles. The Labute approximate surface area is 109 Å². The van der Waals surface area contributed by atoms with Crippen molar-refractivity contribution < 1.29 is 9.59 Å². The molecule has 0 radical (unpaired) electrons. The molecule has 0 saturated carbocycles. The topological polar surface area (TPSA) is 37.4 Å². The predicted molar refractivity (Wildman–Crippen MR) is 68.9 cm³/mol. The zero-order valence-electron chi connectivity index (χ0n) is 9.43. The molecule has 1 atom stereocenters. The zero-order valence-corrected chi connectivity index (χ0v) is 11.0. The van der Waals surface area contributed by atoms with E-state index in [4.69, 9.17) is 0 Å². The molecule has 1 aliphatic rings. The van der Waals surface area contributed by atoms with Gasteiger partial charge in [-0.05, 0) is 5.56 Å². The maximum atomic E-state index is 11.6. The van der Waals surface area contributed by atoms with Crippen LogP contribution in [-0.2, 0) is 9.59 Å². The summed E-state index contributed by atoms with van der Waals surface area (Å²) in [4.78, 5) is 24.5. The number of likely N-dealkylation sites (tertiary alicyclic amines) is 1. The molecule has 1 aromatic carbocycles. The van der Waals surface area contributed by atoms with Gasteiger partial charge in [0.05, 0.1) is 0 Å². The highest BCUT2D eigenvalue weighted by molar-refractivity contribution is 9.09. The number of hydrogen-bond donors (Lipinski definition) is 0. The highest BCUT2D eigenvalue weighted by Crippen LogP contribution is 2.22. The largest absolute Gasteiger partial charge is 0.282 e. The van der Waals surface area contributed by atoms with Crippen LogP contribution in [0.1, 0.15) is 24.3 Å². The first-order valence-corrected chi connectivity index (χ1v) is 6.78. The van der Waals surface area contributed by atoms with Crippen LogP contribution in [0.15, 0.2) is 30.3 Å². The van der Waals surface area contributed by atoms with Crippen molar-refractivity contribution in [1.82, 2.24) is 4.90 Å². The van der Waals surface area contributed by atoms with Gasteiger partial charge < -0.3 is 0 Å². The Bertz CT molecular complexity index is 403. The standard InChI is InChI=1S/C13H14BrNO2/c14-8-11(10-4-2-1-3-5-10)9-15-12(16)6-7-13(15)17/h1-5,11H,6-9H2. The molecule has 0 spiro atoms. The average molecular weight is 296 g/mol. The smallest absolute Gasteiger partial charge is 0.229 e. The maximum absolute atomic E-state index is 11.6. The molecule has 90 valence electrons. The first-order valence-electron chi connectivity index (χ1n) is 5.66. The highest BCUT2D eigenvalue weighted by atomic mass is 79.9. The van der Waals surface area contributed by atoms with Crippen LogP contribution in [0.5, 0.6) is 0 Å². The third-order valence-corrected chi connectivity index (χ3v) is 3.80.